The van der Waals surface area contributed by atoms with Gasteiger partial charge in [0.15, 0.2) is 5.75 Å². The van der Waals surface area contributed by atoms with Crippen LogP contribution >= 0.6 is 0 Å². The van der Waals surface area contributed by atoms with Crippen molar-refractivity contribution in [2.75, 3.05) is 26.0 Å². The number of nitrogens with one attached hydrogen (secondary N) is 1. The first-order valence-electron chi connectivity index (χ1n) is 3.95. The Hall–Kier alpha value is -0.640. The molecule has 0 saturated carbocycles. The highest BCUT2D eigenvalue weighted by atomic mass is 32.2. The topological polar surface area (TPSA) is 79.2 Å². The summed E-state index contributed by atoms with van der Waals surface area (Å²) in [7, 11) is -1.77. The summed E-state index contributed by atoms with van der Waals surface area (Å²) >= 11 is 0. The molecule has 0 aromatic rings. The summed E-state index contributed by atoms with van der Waals surface area (Å²) in [6, 6.07) is 1.58. The molecular formula is C7H14N2O3S. The van der Waals surface area contributed by atoms with Gasteiger partial charge in [0.2, 0.25) is 10.0 Å². The molecule has 1 N–H and O–H groups in total. The maximum Gasteiger partial charge on any atom is 0.225 e. The van der Waals surface area contributed by atoms with Crippen molar-refractivity contribution in [3.8, 4) is 6.07 Å². The summed E-state index contributed by atoms with van der Waals surface area (Å²) < 4.78 is 28.9. The maximum absolute atomic E-state index is 10.9. The van der Waals surface area contributed by atoms with Gasteiger partial charge in [-0.05, 0) is 12.8 Å². The number of nitrogens with zero attached hydrogens (tertiary/aromatic N) is 1. The molecule has 0 aliphatic carbocycles. The zero-order valence-corrected chi connectivity index (χ0v) is 8.43. The summed E-state index contributed by atoms with van der Waals surface area (Å²) in [5.74, 6) is -0.475. The molecule has 0 amide bonds. The normalized spacial score (nSPS) is 11.1. The summed E-state index contributed by atoms with van der Waals surface area (Å²) in [6.45, 7) is 0.993. The fourth-order valence-corrected chi connectivity index (χ4v) is 1.46. The number of hydrogen-bond acceptors (Lipinski definition) is 4. The van der Waals surface area contributed by atoms with E-state index in [0.717, 1.165) is 12.8 Å². The van der Waals surface area contributed by atoms with Crippen molar-refractivity contribution in [2.45, 2.75) is 12.8 Å². The molecule has 0 aliphatic rings. The van der Waals surface area contributed by atoms with Gasteiger partial charge in [0.25, 0.3) is 0 Å². The van der Waals surface area contributed by atoms with E-state index in [1.807, 2.05) is 0 Å². The van der Waals surface area contributed by atoms with Gasteiger partial charge in [-0.15, -0.1) is 0 Å². The molecule has 0 atom stereocenters. The van der Waals surface area contributed by atoms with Gasteiger partial charge in [0.05, 0.1) is 6.07 Å². The van der Waals surface area contributed by atoms with E-state index in [2.05, 4.69) is 4.72 Å². The highest BCUT2D eigenvalue weighted by molar-refractivity contribution is 7.89. The van der Waals surface area contributed by atoms with Gasteiger partial charge in [0, 0.05) is 20.3 Å². The van der Waals surface area contributed by atoms with Gasteiger partial charge >= 0.3 is 0 Å². The first kappa shape index (κ1) is 12.4. The van der Waals surface area contributed by atoms with Gasteiger partial charge in [-0.1, -0.05) is 0 Å². The zero-order valence-electron chi connectivity index (χ0n) is 7.62. The molecule has 5 nitrogen and oxygen atoms in total. The number of hydrogen-bond donors (Lipinski definition) is 1. The molecule has 0 aliphatic heterocycles. The molecule has 76 valence electrons. The monoisotopic (exact) mass is 206 g/mol. The van der Waals surface area contributed by atoms with E-state index in [0.29, 0.717) is 13.2 Å². The fourth-order valence-electron chi connectivity index (χ4n) is 0.735. The van der Waals surface area contributed by atoms with Crippen molar-refractivity contribution in [3.05, 3.63) is 0 Å². The number of nitriles is 1. The van der Waals surface area contributed by atoms with Crippen molar-refractivity contribution in [2.24, 2.45) is 0 Å². The van der Waals surface area contributed by atoms with E-state index in [1.165, 1.54) is 0 Å². The maximum atomic E-state index is 10.9. The zero-order chi connectivity index (χ0) is 10.2. The number of ether oxygens (including phenoxy) is 1. The number of methoxy groups -OCH3 is 1. The Morgan fingerprint density at radius 2 is 2.15 bits per heavy atom. The van der Waals surface area contributed by atoms with Crippen LogP contribution in [0.3, 0.4) is 0 Å². The Balaban J connectivity index is 3.48. The van der Waals surface area contributed by atoms with Crippen LogP contribution in [0.25, 0.3) is 0 Å². The van der Waals surface area contributed by atoms with E-state index in [-0.39, 0.29) is 0 Å². The Bertz CT molecular complexity index is 255. The minimum Gasteiger partial charge on any atom is -0.385 e. The van der Waals surface area contributed by atoms with Crippen LogP contribution in [0.5, 0.6) is 0 Å². The third-order valence-corrected chi connectivity index (χ3v) is 2.50. The number of unbranched alkanes of at least 4 members (excludes halogenated alkanes) is 1. The minimum atomic E-state index is -3.37. The lowest BCUT2D eigenvalue weighted by atomic mass is 10.3. The lowest BCUT2D eigenvalue weighted by Gasteiger charge is -2.02. The number of sulfonamides is 1. The second kappa shape index (κ2) is 6.83. The molecule has 0 aromatic carbocycles. The smallest absolute Gasteiger partial charge is 0.225 e. The van der Waals surface area contributed by atoms with Crippen LogP contribution in [-0.2, 0) is 14.8 Å². The molecule has 0 spiro atoms. The lowest BCUT2D eigenvalue weighted by molar-refractivity contribution is 0.193. The third-order valence-electron chi connectivity index (χ3n) is 1.35. The minimum absolute atomic E-state index is 0.368. The summed E-state index contributed by atoms with van der Waals surface area (Å²) in [5.41, 5.74) is 0. The van der Waals surface area contributed by atoms with Crippen LogP contribution in [-0.4, -0.2) is 34.4 Å². The highest BCUT2D eigenvalue weighted by Crippen LogP contribution is 1.89. The second-order valence-electron chi connectivity index (χ2n) is 2.51. The predicted molar refractivity (Wildman–Crippen MR) is 48.5 cm³/mol. The van der Waals surface area contributed by atoms with E-state index in [9.17, 15) is 8.42 Å². The van der Waals surface area contributed by atoms with E-state index >= 15 is 0 Å². The first-order valence-corrected chi connectivity index (χ1v) is 5.61. The average molecular weight is 206 g/mol. The molecule has 0 aromatic heterocycles. The summed E-state index contributed by atoms with van der Waals surface area (Å²) in [4.78, 5) is 0. The largest absolute Gasteiger partial charge is 0.385 e. The highest BCUT2D eigenvalue weighted by Gasteiger charge is 2.06. The van der Waals surface area contributed by atoms with Crippen molar-refractivity contribution in [1.29, 1.82) is 5.26 Å². The van der Waals surface area contributed by atoms with Gasteiger partial charge < -0.3 is 4.74 Å². The molecule has 0 heterocycles. The van der Waals surface area contributed by atoms with Gasteiger partial charge in [-0.25, -0.2) is 13.1 Å². The molecule has 0 saturated heterocycles. The molecule has 0 bridgehead atoms. The van der Waals surface area contributed by atoms with E-state index in [1.54, 1.807) is 13.2 Å². The SMILES string of the molecule is COCCCCNS(=O)(=O)CC#N. The van der Waals surface area contributed by atoms with Crippen LogP contribution < -0.4 is 4.72 Å². The van der Waals surface area contributed by atoms with Gasteiger partial charge in [-0.2, -0.15) is 5.26 Å². The Kier molecular flexibility index (Phi) is 6.49. The van der Waals surface area contributed by atoms with Crippen molar-refractivity contribution in [1.82, 2.24) is 4.72 Å². The summed E-state index contributed by atoms with van der Waals surface area (Å²) in [6.07, 6.45) is 1.53. The standard InChI is InChI=1S/C7H14N2O3S/c1-12-6-3-2-5-9-13(10,11)7-4-8/h9H,2-3,5-7H2,1H3. The van der Waals surface area contributed by atoms with Crippen LogP contribution in [0, 0.1) is 11.3 Å². The first-order chi connectivity index (χ1) is 6.12. The number of rotatable bonds is 7. The molecule has 13 heavy (non-hydrogen) atoms. The molecule has 0 rings (SSSR count). The fraction of sp³-hybridized carbons (Fsp3) is 0.857. The van der Waals surface area contributed by atoms with Crippen LogP contribution in [0.4, 0.5) is 0 Å². The Morgan fingerprint density at radius 3 is 2.69 bits per heavy atom. The summed E-state index contributed by atoms with van der Waals surface area (Å²) in [5, 5.41) is 8.15. The van der Waals surface area contributed by atoms with E-state index < -0.39 is 15.8 Å². The van der Waals surface area contributed by atoms with Crippen molar-refractivity contribution < 1.29 is 13.2 Å². The van der Waals surface area contributed by atoms with Crippen LogP contribution in [0.2, 0.25) is 0 Å². The van der Waals surface area contributed by atoms with Crippen LogP contribution in [0.15, 0.2) is 0 Å². The van der Waals surface area contributed by atoms with E-state index in [4.69, 9.17) is 10.00 Å². The van der Waals surface area contributed by atoms with Crippen molar-refractivity contribution >= 4 is 10.0 Å². The average Bonchev–Trinajstić information content (AvgIpc) is 2.04. The molecule has 0 fully saturated rings. The lowest BCUT2D eigenvalue weighted by Crippen LogP contribution is -2.26. The van der Waals surface area contributed by atoms with Gasteiger partial charge in [0.1, 0.15) is 0 Å². The third kappa shape index (κ3) is 7.71. The molecular weight excluding hydrogens is 192 g/mol. The molecule has 0 unspecified atom stereocenters. The van der Waals surface area contributed by atoms with Crippen molar-refractivity contribution in [3.63, 3.8) is 0 Å². The molecule has 0 radical (unpaired) electrons. The quantitative estimate of drug-likeness (QED) is 0.588. The predicted octanol–water partition coefficient (Wildman–Crippen LogP) is -0.144. The second-order valence-corrected chi connectivity index (χ2v) is 4.32. The Morgan fingerprint density at radius 1 is 1.46 bits per heavy atom. The molecule has 6 heteroatoms. The Labute approximate surface area is 78.7 Å². The van der Waals surface area contributed by atoms with Gasteiger partial charge in [-0.3, -0.25) is 0 Å². The van der Waals surface area contributed by atoms with Crippen LogP contribution in [0.1, 0.15) is 12.8 Å².